The molecule has 2 heterocycles. The highest BCUT2D eigenvalue weighted by Crippen LogP contribution is 2.26. The van der Waals surface area contributed by atoms with Gasteiger partial charge in [0, 0.05) is 18.2 Å². The van der Waals surface area contributed by atoms with Gasteiger partial charge in [-0.3, -0.25) is 19.8 Å². The van der Waals surface area contributed by atoms with Crippen molar-refractivity contribution in [2.24, 2.45) is 0 Å². The molecule has 1 aromatic heterocycles. The van der Waals surface area contributed by atoms with Crippen LogP contribution in [0.2, 0.25) is 0 Å². The standard InChI is InChI=1S/C22H17N3O5S/c1-14-4-2-3-5-20(14)24-21(26)19(23-22(24)31)12-17-10-11-18(30-17)13-29-16-8-6-15(7-9-16)25(27)28/h2-12H,13H2,1H3,(H,23,31)/b19-12+. The lowest BCUT2D eigenvalue weighted by molar-refractivity contribution is -0.384. The Morgan fingerprint density at radius 2 is 1.90 bits per heavy atom. The Bertz CT molecular complexity index is 1200. The first-order valence-electron chi connectivity index (χ1n) is 9.31. The van der Waals surface area contributed by atoms with E-state index in [4.69, 9.17) is 21.4 Å². The molecule has 1 N–H and O–H groups in total. The number of nitro groups is 1. The van der Waals surface area contributed by atoms with Gasteiger partial charge >= 0.3 is 0 Å². The van der Waals surface area contributed by atoms with E-state index in [1.54, 1.807) is 18.2 Å². The molecule has 2 aromatic carbocycles. The minimum atomic E-state index is -0.472. The van der Waals surface area contributed by atoms with Crippen molar-refractivity contribution in [2.75, 3.05) is 4.90 Å². The summed E-state index contributed by atoms with van der Waals surface area (Å²) in [4.78, 5) is 24.5. The zero-order valence-corrected chi connectivity index (χ0v) is 17.2. The van der Waals surface area contributed by atoms with Gasteiger partial charge in [-0.1, -0.05) is 18.2 Å². The predicted octanol–water partition coefficient (Wildman–Crippen LogP) is 4.34. The van der Waals surface area contributed by atoms with Gasteiger partial charge in [-0.05, 0) is 55.0 Å². The summed E-state index contributed by atoms with van der Waals surface area (Å²) in [7, 11) is 0. The highest BCUT2D eigenvalue weighted by Gasteiger charge is 2.32. The molecule has 4 rings (SSSR count). The predicted molar refractivity (Wildman–Crippen MR) is 119 cm³/mol. The Morgan fingerprint density at radius 1 is 1.16 bits per heavy atom. The molecule has 0 aliphatic carbocycles. The van der Waals surface area contributed by atoms with E-state index in [0.29, 0.717) is 28.1 Å². The van der Waals surface area contributed by atoms with E-state index in [9.17, 15) is 14.9 Å². The lowest BCUT2D eigenvalue weighted by atomic mass is 10.2. The number of carbonyl (C=O) groups excluding carboxylic acids is 1. The van der Waals surface area contributed by atoms with E-state index in [0.717, 1.165) is 11.3 Å². The maximum atomic E-state index is 12.9. The minimum absolute atomic E-state index is 0.00866. The normalized spacial score (nSPS) is 14.7. The van der Waals surface area contributed by atoms with Crippen molar-refractivity contribution in [3.63, 3.8) is 0 Å². The van der Waals surface area contributed by atoms with Gasteiger partial charge in [-0.15, -0.1) is 0 Å². The number of nitro benzene ring substituents is 1. The van der Waals surface area contributed by atoms with E-state index in [-0.39, 0.29) is 18.2 Å². The first-order chi connectivity index (χ1) is 14.9. The Labute approximate surface area is 182 Å². The maximum absolute atomic E-state index is 12.9. The van der Waals surface area contributed by atoms with Gasteiger partial charge in [0.05, 0.1) is 10.6 Å². The minimum Gasteiger partial charge on any atom is -0.486 e. The molecule has 1 aliphatic heterocycles. The topological polar surface area (TPSA) is 97.9 Å². The fraction of sp³-hybridized carbons (Fsp3) is 0.0909. The lowest BCUT2D eigenvalue weighted by Crippen LogP contribution is -2.30. The first-order valence-corrected chi connectivity index (χ1v) is 9.72. The van der Waals surface area contributed by atoms with E-state index in [2.05, 4.69) is 5.32 Å². The number of anilines is 1. The number of para-hydroxylation sites is 1. The molecule has 0 radical (unpaired) electrons. The summed E-state index contributed by atoms with van der Waals surface area (Å²) >= 11 is 5.34. The molecular weight excluding hydrogens is 418 g/mol. The van der Waals surface area contributed by atoms with Crippen LogP contribution in [0, 0.1) is 17.0 Å². The average molecular weight is 435 g/mol. The number of aryl methyl sites for hydroxylation is 1. The number of carbonyl (C=O) groups is 1. The molecule has 0 atom stereocenters. The SMILES string of the molecule is Cc1ccccc1N1C(=O)/C(=C\c2ccc(COc3ccc([N+](=O)[O-])cc3)o2)NC1=S. The van der Waals surface area contributed by atoms with E-state index < -0.39 is 4.92 Å². The summed E-state index contributed by atoms with van der Waals surface area (Å²) in [5.74, 6) is 1.22. The second-order valence-electron chi connectivity index (χ2n) is 6.76. The summed E-state index contributed by atoms with van der Waals surface area (Å²) in [6.07, 6.45) is 1.59. The molecule has 1 fully saturated rings. The quantitative estimate of drug-likeness (QED) is 0.266. The van der Waals surface area contributed by atoms with E-state index in [1.165, 1.54) is 29.2 Å². The van der Waals surface area contributed by atoms with Crippen LogP contribution in [-0.4, -0.2) is 15.9 Å². The van der Waals surface area contributed by atoms with Crippen LogP contribution in [0.5, 0.6) is 5.75 Å². The molecule has 9 heteroatoms. The van der Waals surface area contributed by atoms with Gasteiger partial charge in [0.1, 0.15) is 29.6 Å². The van der Waals surface area contributed by atoms with Crippen molar-refractivity contribution in [3.8, 4) is 5.75 Å². The van der Waals surface area contributed by atoms with Crippen LogP contribution in [0.1, 0.15) is 17.1 Å². The smallest absolute Gasteiger partial charge is 0.281 e. The molecule has 0 bridgehead atoms. The average Bonchev–Trinajstić information content (AvgIpc) is 3.31. The molecule has 1 aliphatic rings. The number of thiocarbonyl (C=S) groups is 1. The number of benzene rings is 2. The summed E-state index contributed by atoms with van der Waals surface area (Å²) in [6.45, 7) is 2.05. The van der Waals surface area contributed by atoms with Crippen LogP contribution in [0.3, 0.4) is 0 Å². The number of nitrogens with one attached hydrogen (secondary N) is 1. The third-order valence-corrected chi connectivity index (χ3v) is 4.92. The molecule has 156 valence electrons. The van der Waals surface area contributed by atoms with Gasteiger partial charge < -0.3 is 14.5 Å². The number of rotatable bonds is 6. The number of nitrogens with zero attached hydrogens (tertiary/aromatic N) is 2. The van der Waals surface area contributed by atoms with Crippen LogP contribution in [0.25, 0.3) is 6.08 Å². The molecule has 1 amide bonds. The first kappa shape index (κ1) is 20.3. The number of furan rings is 1. The van der Waals surface area contributed by atoms with Crippen LogP contribution < -0.4 is 15.0 Å². The second kappa shape index (κ2) is 8.41. The third-order valence-electron chi connectivity index (χ3n) is 4.63. The van der Waals surface area contributed by atoms with Crippen LogP contribution >= 0.6 is 12.2 Å². The second-order valence-corrected chi connectivity index (χ2v) is 7.15. The van der Waals surface area contributed by atoms with Crippen molar-refractivity contribution >= 4 is 40.7 Å². The van der Waals surface area contributed by atoms with Crippen LogP contribution in [-0.2, 0) is 11.4 Å². The highest BCUT2D eigenvalue weighted by atomic mass is 32.1. The molecule has 8 nitrogen and oxygen atoms in total. The Morgan fingerprint density at radius 3 is 2.61 bits per heavy atom. The Kier molecular flexibility index (Phi) is 5.50. The van der Waals surface area contributed by atoms with E-state index in [1.807, 2.05) is 31.2 Å². The number of non-ortho nitro benzene ring substituents is 1. The summed E-state index contributed by atoms with van der Waals surface area (Å²) in [5, 5.41) is 13.9. The number of amides is 1. The lowest BCUT2D eigenvalue weighted by Gasteiger charge is -2.16. The molecule has 1 saturated heterocycles. The fourth-order valence-electron chi connectivity index (χ4n) is 3.08. The Hall–Kier alpha value is -3.98. The molecule has 3 aromatic rings. The van der Waals surface area contributed by atoms with Gasteiger partial charge in [-0.2, -0.15) is 0 Å². The number of hydrogen-bond donors (Lipinski definition) is 1. The summed E-state index contributed by atoms with van der Waals surface area (Å²) in [6, 6.07) is 16.7. The summed E-state index contributed by atoms with van der Waals surface area (Å²) < 4.78 is 11.3. The third kappa shape index (κ3) is 4.31. The molecule has 31 heavy (non-hydrogen) atoms. The van der Waals surface area contributed by atoms with Crippen molar-refractivity contribution in [2.45, 2.75) is 13.5 Å². The Balaban J connectivity index is 1.44. The molecule has 0 spiro atoms. The zero-order valence-electron chi connectivity index (χ0n) is 16.4. The molecular formula is C22H17N3O5S. The number of hydrogen-bond acceptors (Lipinski definition) is 6. The van der Waals surface area contributed by atoms with Crippen molar-refractivity contribution in [3.05, 3.63) is 93.6 Å². The van der Waals surface area contributed by atoms with Crippen molar-refractivity contribution < 1.29 is 18.9 Å². The highest BCUT2D eigenvalue weighted by molar-refractivity contribution is 7.80. The molecule has 0 unspecified atom stereocenters. The van der Waals surface area contributed by atoms with Crippen molar-refractivity contribution in [1.29, 1.82) is 0 Å². The summed E-state index contributed by atoms with van der Waals surface area (Å²) in [5.41, 5.74) is 1.96. The van der Waals surface area contributed by atoms with Crippen LogP contribution in [0.4, 0.5) is 11.4 Å². The van der Waals surface area contributed by atoms with Crippen LogP contribution in [0.15, 0.2) is 70.8 Å². The zero-order chi connectivity index (χ0) is 22.0. The number of ether oxygens (including phenoxy) is 1. The van der Waals surface area contributed by atoms with Gasteiger partial charge in [0.25, 0.3) is 11.6 Å². The van der Waals surface area contributed by atoms with Gasteiger partial charge in [0.2, 0.25) is 0 Å². The van der Waals surface area contributed by atoms with Gasteiger partial charge in [-0.25, -0.2) is 0 Å². The monoisotopic (exact) mass is 435 g/mol. The fourth-order valence-corrected chi connectivity index (χ4v) is 3.37. The largest absolute Gasteiger partial charge is 0.486 e. The molecule has 0 saturated carbocycles. The van der Waals surface area contributed by atoms with E-state index >= 15 is 0 Å². The van der Waals surface area contributed by atoms with Gasteiger partial charge in [0.15, 0.2) is 5.11 Å². The van der Waals surface area contributed by atoms with Crippen molar-refractivity contribution in [1.82, 2.24) is 5.32 Å². The maximum Gasteiger partial charge on any atom is 0.281 e.